The van der Waals surface area contributed by atoms with E-state index in [1.807, 2.05) is 29.2 Å². The molecule has 108 valence electrons. The zero-order valence-electron chi connectivity index (χ0n) is 11.2. The van der Waals surface area contributed by atoms with Crippen LogP contribution in [0.2, 0.25) is 0 Å². The van der Waals surface area contributed by atoms with Gasteiger partial charge in [0.2, 0.25) is 5.91 Å². The third-order valence-corrected chi connectivity index (χ3v) is 3.24. The van der Waals surface area contributed by atoms with Gasteiger partial charge in [-0.3, -0.25) is 15.0 Å². The van der Waals surface area contributed by atoms with Gasteiger partial charge in [-0.15, -0.1) is 0 Å². The summed E-state index contributed by atoms with van der Waals surface area (Å²) < 4.78 is 0. The van der Waals surface area contributed by atoms with Gasteiger partial charge >= 0.3 is 6.03 Å². The molecule has 3 amide bonds. The Morgan fingerprint density at radius 2 is 1.90 bits per heavy atom. The van der Waals surface area contributed by atoms with Crippen LogP contribution in [0.15, 0.2) is 24.3 Å². The number of amides is 3. The second-order valence-electron chi connectivity index (χ2n) is 4.77. The van der Waals surface area contributed by atoms with E-state index in [9.17, 15) is 9.59 Å². The minimum absolute atomic E-state index is 0.188. The second-order valence-corrected chi connectivity index (χ2v) is 4.77. The Kier molecular flexibility index (Phi) is 4.41. The lowest BCUT2D eigenvalue weighted by atomic mass is 10.2. The van der Waals surface area contributed by atoms with Crippen LogP contribution in [0.1, 0.15) is 0 Å². The van der Waals surface area contributed by atoms with E-state index in [0.717, 1.165) is 37.6 Å². The third kappa shape index (κ3) is 3.86. The van der Waals surface area contributed by atoms with Gasteiger partial charge in [-0.25, -0.2) is 4.79 Å². The Labute approximate surface area is 117 Å². The number of piperazine rings is 1. The van der Waals surface area contributed by atoms with E-state index in [-0.39, 0.29) is 12.5 Å². The second kappa shape index (κ2) is 6.25. The van der Waals surface area contributed by atoms with Crippen molar-refractivity contribution < 1.29 is 9.59 Å². The van der Waals surface area contributed by atoms with Gasteiger partial charge in [0.15, 0.2) is 0 Å². The van der Waals surface area contributed by atoms with Crippen molar-refractivity contribution in [2.24, 2.45) is 5.73 Å². The maximum Gasteiger partial charge on any atom is 0.318 e. The lowest BCUT2D eigenvalue weighted by molar-refractivity contribution is -0.121. The number of urea groups is 1. The predicted octanol–water partition coefficient (Wildman–Crippen LogP) is -0.414. The highest BCUT2D eigenvalue weighted by atomic mass is 16.2. The molecule has 0 aromatic heterocycles. The van der Waals surface area contributed by atoms with Gasteiger partial charge < -0.3 is 16.4 Å². The maximum atomic E-state index is 11.4. The minimum atomic E-state index is -0.812. The van der Waals surface area contributed by atoms with Crippen LogP contribution in [0.4, 0.5) is 16.2 Å². The number of nitrogen functional groups attached to an aromatic ring is 1. The number of nitrogens with one attached hydrogen (secondary N) is 1. The summed E-state index contributed by atoms with van der Waals surface area (Å²) in [5.41, 5.74) is 12.5. The van der Waals surface area contributed by atoms with Crippen molar-refractivity contribution in [3.63, 3.8) is 0 Å². The molecule has 5 N–H and O–H groups in total. The molecule has 0 spiro atoms. The monoisotopic (exact) mass is 277 g/mol. The first kappa shape index (κ1) is 14.1. The van der Waals surface area contributed by atoms with Crippen LogP contribution in [-0.2, 0) is 4.79 Å². The smallest absolute Gasteiger partial charge is 0.318 e. The van der Waals surface area contributed by atoms with Crippen LogP contribution in [0, 0.1) is 0 Å². The molecule has 1 aromatic rings. The Morgan fingerprint density at radius 3 is 2.50 bits per heavy atom. The van der Waals surface area contributed by atoms with E-state index >= 15 is 0 Å². The first-order valence-corrected chi connectivity index (χ1v) is 6.47. The molecule has 0 bridgehead atoms. The van der Waals surface area contributed by atoms with Gasteiger partial charge in [-0.05, 0) is 18.2 Å². The summed E-state index contributed by atoms with van der Waals surface area (Å²) in [4.78, 5) is 26.2. The van der Waals surface area contributed by atoms with E-state index in [1.54, 1.807) is 0 Å². The largest absolute Gasteiger partial charge is 0.399 e. The fourth-order valence-corrected chi connectivity index (χ4v) is 2.27. The van der Waals surface area contributed by atoms with Crippen LogP contribution in [0.5, 0.6) is 0 Å². The quantitative estimate of drug-likeness (QED) is 0.651. The van der Waals surface area contributed by atoms with Crippen molar-refractivity contribution in [3.8, 4) is 0 Å². The summed E-state index contributed by atoms with van der Waals surface area (Å²) in [5, 5.41) is 2.07. The summed E-state index contributed by atoms with van der Waals surface area (Å²) in [7, 11) is 0. The van der Waals surface area contributed by atoms with Crippen molar-refractivity contribution in [1.29, 1.82) is 0 Å². The summed E-state index contributed by atoms with van der Waals surface area (Å²) in [6.45, 7) is 3.32. The van der Waals surface area contributed by atoms with Crippen LogP contribution in [0.3, 0.4) is 0 Å². The molecule has 1 aliphatic heterocycles. The molecule has 2 rings (SSSR count). The lowest BCUT2D eigenvalue weighted by Crippen LogP contribution is -2.50. The molecule has 1 saturated heterocycles. The van der Waals surface area contributed by atoms with E-state index in [0.29, 0.717) is 0 Å². The first-order valence-electron chi connectivity index (χ1n) is 6.47. The minimum Gasteiger partial charge on any atom is -0.399 e. The summed E-state index contributed by atoms with van der Waals surface area (Å²) in [6, 6.07) is 6.93. The molecule has 20 heavy (non-hydrogen) atoms. The standard InChI is InChI=1S/C13H19N5O2/c14-10-2-1-3-11(8-10)18-6-4-17(5-7-18)9-12(19)16-13(15)20/h1-3,8H,4-7,9,14H2,(H3,15,16,19,20). The van der Waals surface area contributed by atoms with Gasteiger partial charge in [-0.1, -0.05) is 6.07 Å². The Morgan fingerprint density at radius 1 is 1.20 bits per heavy atom. The van der Waals surface area contributed by atoms with Crippen LogP contribution < -0.4 is 21.7 Å². The van der Waals surface area contributed by atoms with E-state index < -0.39 is 6.03 Å². The topological polar surface area (TPSA) is 105 Å². The number of rotatable bonds is 3. The molecule has 7 heteroatoms. The number of carbonyl (C=O) groups excluding carboxylic acids is 2. The molecule has 7 nitrogen and oxygen atoms in total. The van der Waals surface area contributed by atoms with Crippen LogP contribution in [0.25, 0.3) is 0 Å². The predicted molar refractivity (Wildman–Crippen MR) is 77.2 cm³/mol. The van der Waals surface area contributed by atoms with Crippen LogP contribution >= 0.6 is 0 Å². The number of imide groups is 1. The summed E-state index contributed by atoms with van der Waals surface area (Å²) in [6.07, 6.45) is 0. The van der Waals surface area contributed by atoms with Gasteiger partial charge in [0, 0.05) is 37.6 Å². The van der Waals surface area contributed by atoms with Gasteiger partial charge in [0.1, 0.15) is 0 Å². The number of hydrogen-bond donors (Lipinski definition) is 3. The zero-order chi connectivity index (χ0) is 14.5. The molecular weight excluding hydrogens is 258 g/mol. The average Bonchev–Trinajstić information content (AvgIpc) is 2.38. The summed E-state index contributed by atoms with van der Waals surface area (Å²) >= 11 is 0. The van der Waals surface area contributed by atoms with Crippen molar-refractivity contribution in [3.05, 3.63) is 24.3 Å². The maximum absolute atomic E-state index is 11.4. The van der Waals surface area contributed by atoms with Gasteiger partial charge in [0.25, 0.3) is 0 Å². The van der Waals surface area contributed by atoms with Crippen molar-refractivity contribution in [1.82, 2.24) is 10.2 Å². The molecule has 0 saturated carbocycles. The molecule has 0 aliphatic carbocycles. The fraction of sp³-hybridized carbons (Fsp3) is 0.385. The average molecular weight is 277 g/mol. The number of nitrogens with zero attached hydrogens (tertiary/aromatic N) is 2. The highest BCUT2D eigenvalue weighted by Gasteiger charge is 2.19. The highest BCUT2D eigenvalue weighted by molar-refractivity contribution is 5.94. The molecular formula is C13H19N5O2. The molecule has 1 aromatic carbocycles. The number of carbonyl (C=O) groups is 2. The van der Waals surface area contributed by atoms with Gasteiger partial charge in [0.05, 0.1) is 6.54 Å². The Hall–Kier alpha value is -2.28. The zero-order valence-corrected chi connectivity index (χ0v) is 11.2. The Bertz CT molecular complexity index is 497. The highest BCUT2D eigenvalue weighted by Crippen LogP contribution is 2.18. The Balaban J connectivity index is 1.83. The van der Waals surface area contributed by atoms with Crippen molar-refractivity contribution in [2.75, 3.05) is 43.4 Å². The van der Waals surface area contributed by atoms with E-state index in [2.05, 4.69) is 10.2 Å². The molecule has 1 fully saturated rings. The van der Waals surface area contributed by atoms with Crippen LogP contribution in [-0.4, -0.2) is 49.6 Å². The molecule has 1 heterocycles. The van der Waals surface area contributed by atoms with Crippen molar-refractivity contribution in [2.45, 2.75) is 0 Å². The summed E-state index contributed by atoms with van der Waals surface area (Å²) in [5.74, 6) is -0.366. The van der Waals surface area contributed by atoms with Gasteiger partial charge in [-0.2, -0.15) is 0 Å². The molecule has 0 atom stereocenters. The van der Waals surface area contributed by atoms with Crippen molar-refractivity contribution >= 4 is 23.3 Å². The molecule has 0 radical (unpaired) electrons. The number of benzene rings is 1. The number of primary amides is 1. The normalized spacial score (nSPS) is 15.9. The number of anilines is 2. The number of nitrogens with two attached hydrogens (primary N) is 2. The molecule has 1 aliphatic rings. The lowest BCUT2D eigenvalue weighted by Gasteiger charge is -2.35. The third-order valence-electron chi connectivity index (χ3n) is 3.24. The van der Waals surface area contributed by atoms with E-state index in [1.165, 1.54) is 0 Å². The van der Waals surface area contributed by atoms with E-state index in [4.69, 9.17) is 11.5 Å². The fourth-order valence-electron chi connectivity index (χ4n) is 2.27. The number of hydrogen-bond acceptors (Lipinski definition) is 5. The first-order chi connectivity index (χ1) is 9.54. The molecule has 0 unspecified atom stereocenters. The SMILES string of the molecule is NC(=O)NC(=O)CN1CCN(c2cccc(N)c2)CC1.